The molecule has 0 aliphatic carbocycles. The third-order valence-corrected chi connectivity index (χ3v) is 6.09. The van der Waals surface area contributed by atoms with E-state index >= 15 is 0 Å². The molecule has 0 spiro atoms. The average Bonchev–Trinajstić information content (AvgIpc) is 3.20. The zero-order valence-electron chi connectivity index (χ0n) is 18.6. The first kappa shape index (κ1) is 22.1. The van der Waals surface area contributed by atoms with Crippen LogP contribution in [0.4, 0.5) is 11.4 Å². The van der Waals surface area contributed by atoms with Crippen molar-refractivity contribution in [2.45, 2.75) is 12.5 Å². The summed E-state index contributed by atoms with van der Waals surface area (Å²) in [7, 11) is 3.66. The molecule has 2 heterocycles. The van der Waals surface area contributed by atoms with Gasteiger partial charge in [0, 0.05) is 50.7 Å². The Kier molecular flexibility index (Phi) is 6.92. The van der Waals surface area contributed by atoms with Crippen LogP contribution in [0.2, 0.25) is 0 Å². The molecule has 170 valence electrons. The molecule has 0 radical (unpaired) electrons. The molecular formula is C24H30N4O4. The van der Waals surface area contributed by atoms with Crippen LogP contribution < -0.4 is 20.3 Å². The van der Waals surface area contributed by atoms with E-state index in [1.54, 1.807) is 31.4 Å². The van der Waals surface area contributed by atoms with Crippen LogP contribution in [-0.2, 0) is 20.7 Å². The predicted molar refractivity (Wildman–Crippen MR) is 123 cm³/mol. The zero-order chi connectivity index (χ0) is 22.5. The summed E-state index contributed by atoms with van der Waals surface area (Å²) < 4.78 is 10.7. The standard InChI is InChI=1S/C24H30N4O4/c1-27-9-8-18-14-17(6-7-21(18)27)22(28-10-12-32-13-11-28)16-25-23(29)24(30)26-19-4-3-5-20(15-19)31-2/h3-7,14-15,22H,8-13,16H2,1-2H3,(H,25,29)(H,26,30)/t22-/m0/s1. The molecule has 2 aromatic carbocycles. The number of hydrogen-bond donors (Lipinski definition) is 2. The summed E-state index contributed by atoms with van der Waals surface area (Å²) >= 11 is 0. The maximum Gasteiger partial charge on any atom is 0.313 e. The molecule has 2 amide bonds. The van der Waals surface area contributed by atoms with Gasteiger partial charge in [-0.15, -0.1) is 0 Å². The number of carbonyl (C=O) groups is 2. The van der Waals surface area contributed by atoms with Crippen molar-refractivity contribution in [3.8, 4) is 5.75 Å². The molecule has 2 aliphatic rings. The lowest BCUT2D eigenvalue weighted by atomic mass is 10.0. The van der Waals surface area contributed by atoms with Crippen LogP contribution in [0.3, 0.4) is 0 Å². The lowest BCUT2D eigenvalue weighted by Gasteiger charge is -2.35. The summed E-state index contributed by atoms with van der Waals surface area (Å²) in [4.78, 5) is 29.5. The van der Waals surface area contributed by atoms with E-state index < -0.39 is 11.8 Å². The number of anilines is 2. The van der Waals surface area contributed by atoms with Crippen LogP contribution in [0.25, 0.3) is 0 Å². The molecule has 1 fully saturated rings. The molecule has 8 nitrogen and oxygen atoms in total. The van der Waals surface area contributed by atoms with E-state index in [1.165, 1.54) is 11.3 Å². The van der Waals surface area contributed by atoms with Crippen molar-refractivity contribution in [1.82, 2.24) is 10.2 Å². The second-order valence-electron chi connectivity index (χ2n) is 8.12. The van der Waals surface area contributed by atoms with Crippen molar-refractivity contribution < 1.29 is 19.1 Å². The number of amides is 2. The minimum atomic E-state index is -0.699. The number of benzene rings is 2. The first-order valence-electron chi connectivity index (χ1n) is 10.9. The number of nitrogens with zero attached hydrogens (tertiary/aromatic N) is 2. The zero-order valence-corrected chi connectivity index (χ0v) is 18.6. The predicted octanol–water partition coefficient (Wildman–Crippen LogP) is 1.82. The van der Waals surface area contributed by atoms with Gasteiger partial charge in [-0.25, -0.2) is 0 Å². The summed E-state index contributed by atoms with van der Waals surface area (Å²) in [5.41, 5.74) is 4.24. The Labute approximate surface area is 188 Å². The number of methoxy groups -OCH3 is 1. The first-order valence-corrected chi connectivity index (χ1v) is 10.9. The molecule has 8 heteroatoms. The SMILES string of the molecule is COc1cccc(NC(=O)C(=O)NC[C@@H](c2ccc3c(c2)CCN3C)N2CCOCC2)c1. The Morgan fingerprint density at radius 2 is 1.91 bits per heavy atom. The van der Waals surface area contributed by atoms with Crippen molar-refractivity contribution in [2.24, 2.45) is 0 Å². The number of likely N-dealkylation sites (N-methyl/N-ethyl adjacent to an activating group) is 1. The lowest BCUT2D eigenvalue weighted by molar-refractivity contribution is -0.136. The Morgan fingerprint density at radius 1 is 1.09 bits per heavy atom. The molecule has 0 unspecified atom stereocenters. The van der Waals surface area contributed by atoms with Crippen LogP contribution in [-0.4, -0.2) is 70.3 Å². The number of rotatable bonds is 6. The molecule has 1 atom stereocenters. The maximum absolute atomic E-state index is 12.5. The number of morpholine rings is 1. The number of fused-ring (bicyclic) bond motifs is 1. The van der Waals surface area contributed by atoms with Crippen LogP contribution in [0.1, 0.15) is 17.2 Å². The topological polar surface area (TPSA) is 83.1 Å². The quantitative estimate of drug-likeness (QED) is 0.670. The van der Waals surface area contributed by atoms with Crippen molar-refractivity contribution >= 4 is 23.2 Å². The molecule has 2 N–H and O–H groups in total. The lowest BCUT2D eigenvalue weighted by Crippen LogP contribution is -2.45. The van der Waals surface area contributed by atoms with Gasteiger partial charge in [0.15, 0.2) is 0 Å². The molecule has 2 aliphatic heterocycles. The van der Waals surface area contributed by atoms with E-state index in [0.717, 1.165) is 31.6 Å². The van der Waals surface area contributed by atoms with Gasteiger partial charge < -0.3 is 25.0 Å². The minimum Gasteiger partial charge on any atom is -0.497 e. The van der Waals surface area contributed by atoms with Gasteiger partial charge in [0.25, 0.3) is 0 Å². The van der Waals surface area contributed by atoms with E-state index in [-0.39, 0.29) is 6.04 Å². The number of hydrogen-bond acceptors (Lipinski definition) is 6. The van der Waals surface area contributed by atoms with E-state index in [0.29, 0.717) is 31.2 Å². The van der Waals surface area contributed by atoms with Crippen molar-refractivity contribution in [2.75, 3.05) is 63.8 Å². The minimum absolute atomic E-state index is 0.0244. The molecule has 32 heavy (non-hydrogen) atoms. The van der Waals surface area contributed by atoms with Crippen LogP contribution in [0, 0.1) is 0 Å². The van der Waals surface area contributed by atoms with Gasteiger partial charge in [-0.05, 0) is 35.7 Å². The van der Waals surface area contributed by atoms with Crippen LogP contribution in [0.15, 0.2) is 42.5 Å². The van der Waals surface area contributed by atoms with Gasteiger partial charge in [-0.2, -0.15) is 0 Å². The summed E-state index contributed by atoms with van der Waals surface area (Å²) in [6.45, 7) is 4.26. The third kappa shape index (κ3) is 5.03. The van der Waals surface area contributed by atoms with Gasteiger partial charge in [-0.1, -0.05) is 18.2 Å². The number of nitrogens with one attached hydrogen (secondary N) is 2. The second kappa shape index (κ2) is 10.0. The fourth-order valence-corrected chi connectivity index (χ4v) is 4.30. The van der Waals surface area contributed by atoms with Gasteiger partial charge in [-0.3, -0.25) is 14.5 Å². The summed E-state index contributed by atoms with van der Waals surface area (Å²) in [5, 5.41) is 5.46. The van der Waals surface area contributed by atoms with E-state index in [9.17, 15) is 9.59 Å². The Balaban J connectivity index is 1.44. The normalized spacial score (nSPS) is 16.9. The summed E-state index contributed by atoms with van der Waals surface area (Å²) in [6, 6.07) is 13.4. The molecule has 0 saturated carbocycles. The number of ether oxygens (including phenoxy) is 2. The largest absolute Gasteiger partial charge is 0.497 e. The summed E-state index contributed by atoms with van der Waals surface area (Å²) in [6.07, 6.45) is 1.02. The van der Waals surface area contributed by atoms with Gasteiger partial charge in [0.2, 0.25) is 0 Å². The van der Waals surface area contributed by atoms with E-state index in [2.05, 4.69) is 45.7 Å². The maximum atomic E-state index is 12.5. The Bertz CT molecular complexity index is 974. The highest BCUT2D eigenvalue weighted by molar-refractivity contribution is 6.39. The van der Waals surface area contributed by atoms with Gasteiger partial charge in [0.1, 0.15) is 5.75 Å². The fraction of sp³-hybridized carbons (Fsp3) is 0.417. The highest BCUT2D eigenvalue weighted by atomic mass is 16.5. The fourth-order valence-electron chi connectivity index (χ4n) is 4.30. The first-order chi connectivity index (χ1) is 15.5. The van der Waals surface area contributed by atoms with Crippen LogP contribution in [0.5, 0.6) is 5.75 Å². The van der Waals surface area contributed by atoms with Crippen LogP contribution >= 0.6 is 0 Å². The van der Waals surface area contributed by atoms with Crippen molar-refractivity contribution in [3.05, 3.63) is 53.6 Å². The molecule has 0 aromatic heterocycles. The van der Waals surface area contributed by atoms with Crippen molar-refractivity contribution in [3.63, 3.8) is 0 Å². The van der Waals surface area contributed by atoms with E-state index in [1.807, 2.05) is 0 Å². The Hall–Kier alpha value is -3.10. The molecule has 0 bridgehead atoms. The third-order valence-electron chi connectivity index (χ3n) is 6.09. The second-order valence-corrected chi connectivity index (χ2v) is 8.12. The number of carbonyl (C=O) groups excluding carboxylic acids is 2. The van der Waals surface area contributed by atoms with Crippen molar-refractivity contribution in [1.29, 1.82) is 0 Å². The highest BCUT2D eigenvalue weighted by Crippen LogP contribution is 2.31. The molecule has 2 aromatic rings. The average molecular weight is 439 g/mol. The molecular weight excluding hydrogens is 408 g/mol. The summed E-state index contributed by atoms with van der Waals surface area (Å²) in [5.74, 6) is -0.751. The highest BCUT2D eigenvalue weighted by Gasteiger charge is 2.26. The smallest absolute Gasteiger partial charge is 0.313 e. The Morgan fingerprint density at radius 3 is 2.69 bits per heavy atom. The molecule has 4 rings (SSSR count). The molecule has 1 saturated heterocycles. The van der Waals surface area contributed by atoms with E-state index in [4.69, 9.17) is 9.47 Å². The van der Waals surface area contributed by atoms with Gasteiger partial charge in [0.05, 0.1) is 26.4 Å². The monoisotopic (exact) mass is 438 g/mol. The van der Waals surface area contributed by atoms with Gasteiger partial charge >= 0.3 is 11.8 Å².